The van der Waals surface area contributed by atoms with Crippen LogP contribution in [-0.2, 0) is 11.2 Å². The van der Waals surface area contributed by atoms with Crippen LogP contribution in [0.1, 0.15) is 88.4 Å². The molecule has 1 fully saturated rings. The topological polar surface area (TPSA) is 9.23 Å². The van der Waals surface area contributed by atoms with Gasteiger partial charge in [0.05, 0.1) is 12.7 Å². The molecular weight excluding hydrogens is 493 g/mol. The molecule has 2 atom stereocenters. The fraction of sp³-hybridized carbons (Fsp3) is 0.429. The maximum Gasteiger partial charge on any atom is 0.166 e. The Bertz CT molecular complexity index is 1210. The van der Waals surface area contributed by atoms with Crippen molar-refractivity contribution in [2.75, 3.05) is 6.61 Å². The van der Waals surface area contributed by atoms with Crippen molar-refractivity contribution < 1.29 is 17.9 Å². The third kappa shape index (κ3) is 7.63. The Labute approximate surface area is 232 Å². The zero-order chi connectivity index (χ0) is 27.6. The van der Waals surface area contributed by atoms with Crippen LogP contribution >= 0.6 is 0 Å². The highest BCUT2D eigenvalue weighted by Crippen LogP contribution is 2.34. The average Bonchev–Trinajstić information content (AvgIpc) is 2.97. The van der Waals surface area contributed by atoms with E-state index in [-0.39, 0.29) is 17.5 Å². The molecule has 1 aliphatic rings. The number of aryl methyl sites for hydroxylation is 1. The van der Waals surface area contributed by atoms with Crippen LogP contribution in [0.15, 0.2) is 67.3 Å². The zero-order valence-corrected chi connectivity index (χ0v) is 23.2. The zero-order valence-electron chi connectivity index (χ0n) is 23.2. The summed E-state index contributed by atoms with van der Waals surface area (Å²) in [5.41, 5.74) is 3.21. The van der Waals surface area contributed by atoms with Crippen LogP contribution in [0.25, 0.3) is 22.3 Å². The second-order valence-corrected chi connectivity index (χ2v) is 10.8. The number of hydrogen-bond donors (Lipinski definition) is 0. The van der Waals surface area contributed by atoms with Gasteiger partial charge >= 0.3 is 0 Å². The minimum Gasteiger partial charge on any atom is -0.373 e. The van der Waals surface area contributed by atoms with Crippen LogP contribution in [-0.4, -0.2) is 6.61 Å². The monoisotopic (exact) mass is 534 g/mol. The van der Waals surface area contributed by atoms with E-state index < -0.39 is 11.6 Å². The number of hydrogen-bond acceptors (Lipinski definition) is 1. The lowest BCUT2D eigenvalue weighted by atomic mass is 9.93. The van der Waals surface area contributed by atoms with E-state index in [1.165, 1.54) is 32.1 Å². The molecule has 4 rings (SSSR count). The van der Waals surface area contributed by atoms with Crippen molar-refractivity contribution in [2.45, 2.75) is 83.7 Å². The molecule has 4 heteroatoms. The Morgan fingerprint density at radius 1 is 0.769 bits per heavy atom. The van der Waals surface area contributed by atoms with Gasteiger partial charge in [0, 0.05) is 17.0 Å². The first kappa shape index (κ1) is 29.1. The summed E-state index contributed by atoms with van der Waals surface area (Å²) in [5, 5.41) is 0. The summed E-state index contributed by atoms with van der Waals surface area (Å²) in [6, 6.07) is 15.5. The van der Waals surface area contributed by atoms with Crippen LogP contribution < -0.4 is 0 Å². The lowest BCUT2D eigenvalue weighted by Crippen LogP contribution is -2.19. The van der Waals surface area contributed by atoms with Crippen LogP contribution in [0.3, 0.4) is 0 Å². The van der Waals surface area contributed by atoms with E-state index >= 15 is 4.39 Å². The third-order valence-electron chi connectivity index (χ3n) is 7.98. The van der Waals surface area contributed by atoms with E-state index in [2.05, 4.69) is 13.5 Å². The second kappa shape index (κ2) is 14.5. The molecule has 0 saturated carbocycles. The molecule has 1 aliphatic heterocycles. The van der Waals surface area contributed by atoms with Crippen molar-refractivity contribution in [1.82, 2.24) is 0 Å². The highest BCUT2D eigenvalue weighted by atomic mass is 19.2. The highest BCUT2D eigenvalue weighted by molar-refractivity contribution is 5.71. The average molecular weight is 535 g/mol. The van der Waals surface area contributed by atoms with Crippen molar-refractivity contribution in [1.29, 1.82) is 0 Å². The number of unbranched alkanes of at least 4 members (excludes halogenated alkanes) is 7. The van der Waals surface area contributed by atoms with Gasteiger partial charge in [-0.15, -0.1) is 6.58 Å². The number of halogens is 3. The molecule has 39 heavy (non-hydrogen) atoms. The summed E-state index contributed by atoms with van der Waals surface area (Å²) in [4.78, 5) is 0. The Hall–Kier alpha value is -2.85. The minimum absolute atomic E-state index is 0.108. The van der Waals surface area contributed by atoms with E-state index in [1.54, 1.807) is 48.5 Å². The van der Waals surface area contributed by atoms with Gasteiger partial charge in [0.2, 0.25) is 0 Å². The summed E-state index contributed by atoms with van der Waals surface area (Å²) in [6.07, 6.45) is 13.5. The molecular formula is C35H41F3O. The molecule has 1 nitrogen and oxygen atoms in total. The first-order chi connectivity index (χ1) is 19.0. The van der Waals surface area contributed by atoms with Crippen LogP contribution in [0.5, 0.6) is 0 Å². The van der Waals surface area contributed by atoms with Gasteiger partial charge in [-0.25, -0.2) is 13.2 Å². The summed E-state index contributed by atoms with van der Waals surface area (Å²) in [5.74, 6) is -1.54. The second-order valence-electron chi connectivity index (χ2n) is 10.8. The molecule has 1 heterocycles. The molecule has 3 aromatic carbocycles. The quantitative estimate of drug-likeness (QED) is 0.156. The molecule has 0 spiro atoms. The van der Waals surface area contributed by atoms with E-state index in [1.807, 2.05) is 12.1 Å². The number of ether oxygens (including phenoxy) is 1. The molecule has 1 saturated heterocycles. The first-order valence-corrected chi connectivity index (χ1v) is 14.6. The summed E-state index contributed by atoms with van der Waals surface area (Å²) >= 11 is 0. The van der Waals surface area contributed by atoms with Gasteiger partial charge in [-0.1, -0.05) is 106 Å². The molecule has 0 N–H and O–H groups in total. The molecule has 208 valence electrons. The van der Waals surface area contributed by atoms with Crippen LogP contribution in [0, 0.1) is 23.4 Å². The minimum atomic E-state index is -0.818. The predicted octanol–water partition coefficient (Wildman–Crippen LogP) is 10.8. The van der Waals surface area contributed by atoms with Crippen LogP contribution in [0.2, 0.25) is 0 Å². The van der Waals surface area contributed by atoms with E-state index in [4.69, 9.17) is 4.74 Å². The predicted molar refractivity (Wildman–Crippen MR) is 155 cm³/mol. The summed E-state index contributed by atoms with van der Waals surface area (Å²) < 4.78 is 50.8. The Balaban J connectivity index is 1.37. The molecule has 0 aliphatic carbocycles. The fourth-order valence-corrected chi connectivity index (χ4v) is 5.47. The van der Waals surface area contributed by atoms with Gasteiger partial charge in [-0.05, 0) is 54.0 Å². The van der Waals surface area contributed by atoms with Crippen molar-refractivity contribution in [2.24, 2.45) is 5.92 Å². The normalized spacial score (nSPS) is 17.3. The number of rotatable bonds is 13. The van der Waals surface area contributed by atoms with Crippen LogP contribution in [0.4, 0.5) is 13.2 Å². The van der Waals surface area contributed by atoms with Gasteiger partial charge in [0.15, 0.2) is 11.6 Å². The fourth-order valence-electron chi connectivity index (χ4n) is 5.47. The molecule has 2 unspecified atom stereocenters. The molecule has 0 bridgehead atoms. The van der Waals surface area contributed by atoms with E-state index in [0.717, 1.165) is 37.7 Å². The first-order valence-electron chi connectivity index (χ1n) is 14.6. The van der Waals surface area contributed by atoms with Gasteiger partial charge in [0.1, 0.15) is 5.82 Å². The maximum absolute atomic E-state index is 15.1. The van der Waals surface area contributed by atoms with Crippen molar-refractivity contribution in [3.8, 4) is 22.3 Å². The van der Waals surface area contributed by atoms with Gasteiger partial charge in [-0.3, -0.25) is 0 Å². The Kier molecular flexibility index (Phi) is 10.8. The Morgan fingerprint density at radius 2 is 1.41 bits per heavy atom. The lowest BCUT2D eigenvalue weighted by molar-refractivity contribution is -0.00528. The maximum atomic E-state index is 15.1. The van der Waals surface area contributed by atoms with Crippen molar-refractivity contribution in [3.05, 3.63) is 95.8 Å². The Morgan fingerprint density at radius 3 is 2.03 bits per heavy atom. The van der Waals surface area contributed by atoms with E-state index in [0.29, 0.717) is 41.2 Å². The van der Waals surface area contributed by atoms with Crippen molar-refractivity contribution in [3.63, 3.8) is 0 Å². The summed E-state index contributed by atoms with van der Waals surface area (Å²) in [6.45, 7) is 6.64. The highest BCUT2D eigenvalue weighted by Gasteiger charge is 2.22. The molecule has 0 amide bonds. The van der Waals surface area contributed by atoms with Gasteiger partial charge < -0.3 is 4.74 Å². The lowest BCUT2D eigenvalue weighted by Gasteiger charge is -2.27. The third-order valence-corrected chi connectivity index (χ3v) is 7.98. The van der Waals surface area contributed by atoms with Gasteiger partial charge in [0.25, 0.3) is 0 Å². The summed E-state index contributed by atoms with van der Waals surface area (Å²) in [7, 11) is 0. The SMILES string of the molecule is C=CC1CCC(c2ccc(-c3ccc(-c4ccc(CCCCCCCCCC)c(F)c4F)cc3)c(F)c2)OC1. The van der Waals surface area contributed by atoms with E-state index in [9.17, 15) is 8.78 Å². The molecule has 3 aromatic rings. The van der Waals surface area contributed by atoms with Gasteiger partial charge in [-0.2, -0.15) is 0 Å². The van der Waals surface area contributed by atoms with Crippen molar-refractivity contribution >= 4 is 0 Å². The number of benzene rings is 3. The standard InChI is InChI=1S/C35H41F3O/c1-3-5-6-7-8-9-10-11-12-28-18-21-31(35(38)34(28)37)27-16-14-26(15-17-27)30-20-19-29(23-32(30)36)33-22-13-25(4-2)24-39-33/h4,14-21,23,25,33H,2-3,5-13,22,24H2,1H3. The molecule has 0 aromatic heterocycles. The largest absolute Gasteiger partial charge is 0.373 e. The smallest absolute Gasteiger partial charge is 0.166 e. The molecule has 0 radical (unpaired) electrons.